The normalized spacial score (nSPS) is 19.8. The van der Waals surface area contributed by atoms with Gasteiger partial charge in [-0.2, -0.15) is 4.39 Å². The van der Waals surface area contributed by atoms with Crippen LogP contribution in [-0.4, -0.2) is 0 Å². The molecule has 1 fully saturated rings. The van der Waals surface area contributed by atoms with Gasteiger partial charge in [0.25, 0.3) is 0 Å². The smallest absolute Gasteiger partial charge is 0.201 e. The summed E-state index contributed by atoms with van der Waals surface area (Å²) in [6, 6.07) is 5.35. The van der Waals surface area contributed by atoms with Crippen LogP contribution in [0.5, 0.6) is 11.5 Å². The standard InChI is InChI=1S/C28H33F3O/c1-3-5-7-21-16-23-17-22-15-14-20(13-12-19-10-8-18(6-4-2)9-11-19)25(30)27(22)32-28(23)26(31)24(21)29/h3,14-16,18-19H,1,4-13,17H2,2H3. The zero-order chi connectivity index (χ0) is 22.7. The highest BCUT2D eigenvalue weighted by Crippen LogP contribution is 2.43. The zero-order valence-electron chi connectivity index (χ0n) is 19.0. The first-order chi connectivity index (χ1) is 15.5. The van der Waals surface area contributed by atoms with E-state index in [0.29, 0.717) is 53.9 Å². The Kier molecular flexibility index (Phi) is 7.27. The van der Waals surface area contributed by atoms with Gasteiger partial charge in [-0.3, -0.25) is 0 Å². The first-order valence-electron chi connectivity index (χ1n) is 12.1. The van der Waals surface area contributed by atoms with Crippen LogP contribution in [0.25, 0.3) is 0 Å². The fourth-order valence-corrected chi connectivity index (χ4v) is 5.37. The molecule has 1 nitrogen and oxygen atoms in total. The number of fused-ring (bicyclic) bond motifs is 2. The first-order valence-corrected chi connectivity index (χ1v) is 12.1. The molecule has 172 valence electrons. The molecule has 1 aliphatic heterocycles. The lowest BCUT2D eigenvalue weighted by Crippen LogP contribution is -2.15. The summed E-state index contributed by atoms with van der Waals surface area (Å²) in [5.74, 6) is -0.992. The van der Waals surface area contributed by atoms with Gasteiger partial charge in [-0.1, -0.05) is 63.7 Å². The molecule has 0 bridgehead atoms. The molecule has 0 radical (unpaired) electrons. The number of rotatable bonds is 8. The van der Waals surface area contributed by atoms with E-state index in [1.54, 1.807) is 12.1 Å². The SMILES string of the molecule is C=CCCc1cc2c(c(F)c1F)Oc1c(ccc(CCC3CCC(CCC)CC3)c1F)C2. The molecule has 2 aromatic rings. The summed E-state index contributed by atoms with van der Waals surface area (Å²) in [6.07, 6.45) is 12.1. The second-order valence-electron chi connectivity index (χ2n) is 9.50. The summed E-state index contributed by atoms with van der Waals surface area (Å²) in [5, 5.41) is 0. The maximum absolute atomic E-state index is 15.3. The number of allylic oxidation sites excluding steroid dienone is 1. The molecule has 1 heterocycles. The lowest BCUT2D eigenvalue weighted by atomic mass is 9.78. The van der Waals surface area contributed by atoms with Crippen molar-refractivity contribution < 1.29 is 17.9 Å². The molecule has 32 heavy (non-hydrogen) atoms. The van der Waals surface area contributed by atoms with E-state index in [2.05, 4.69) is 13.5 Å². The Balaban J connectivity index is 1.47. The highest BCUT2D eigenvalue weighted by atomic mass is 19.2. The molecule has 0 spiro atoms. The second kappa shape index (κ2) is 10.1. The molecule has 2 aliphatic rings. The van der Waals surface area contributed by atoms with Crippen molar-refractivity contribution in [3.8, 4) is 11.5 Å². The van der Waals surface area contributed by atoms with Gasteiger partial charge in [-0.15, -0.1) is 6.58 Å². The van der Waals surface area contributed by atoms with Crippen LogP contribution in [-0.2, 0) is 19.3 Å². The molecular formula is C28H33F3O. The van der Waals surface area contributed by atoms with Crippen LogP contribution in [0.2, 0.25) is 0 Å². The molecule has 0 atom stereocenters. The van der Waals surface area contributed by atoms with E-state index in [0.717, 1.165) is 12.3 Å². The summed E-state index contributed by atoms with van der Waals surface area (Å²) in [4.78, 5) is 0. The van der Waals surface area contributed by atoms with Crippen LogP contribution < -0.4 is 4.74 Å². The van der Waals surface area contributed by atoms with Crippen LogP contribution >= 0.6 is 0 Å². The van der Waals surface area contributed by atoms with Gasteiger partial charge in [0.05, 0.1) is 0 Å². The van der Waals surface area contributed by atoms with Gasteiger partial charge in [-0.05, 0) is 54.7 Å². The molecule has 4 rings (SSSR count). The minimum atomic E-state index is -1.03. The van der Waals surface area contributed by atoms with Crippen molar-refractivity contribution in [2.75, 3.05) is 0 Å². The third kappa shape index (κ3) is 4.74. The van der Waals surface area contributed by atoms with Crippen LogP contribution in [0.3, 0.4) is 0 Å². The Morgan fingerprint density at radius 1 is 0.875 bits per heavy atom. The quantitative estimate of drug-likeness (QED) is 0.318. The topological polar surface area (TPSA) is 9.23 Å². The molecule has 0 amide bonds. The molecule has 0 aromatic heterocycles. The summed E-state index contributed by atoms with van der Waals surface area (Å²) in [5.41, 5.74) is 2.15. The van der Waals surface area contributed by atoms with Gasteiger partial charge in [0, 0.05) is 17.5 Å². The van der Waals surface area contributed by atoms with Gasteiger partial charge in [0.1, 0.15) is 0 Å². The van der Waals surface area contributed by atoms with E-state index < -0.39 is 17.5 Å². The third-order valence-electron chi connectivity index (χ3n) is 7.26. The number of halogens is 3. The number of aryl methyl sites for hydroxylation is 2. The van der Waals surface area contributed by atoms with Crippen LogP contribution in [0, 0.1) is 29.3 Å². The molecule has 2 aromatic carbocycles. The molecule has 0 N–H and O–H groups in total. The minimum absolute atomic E-state index is 0.0544. The van der Waals surface area contributed by atoms with E-state index in [-0.39, 0.29) is 11.5 Å². The van der Waals surface area contributed by atoms with Crippen LogP contribution in [0.1, 0.15) is 80.5 Å². The fraction of sp³-hybridized carbons (Fsp3) is 0.500. The average Bonchev–Trinajstić information content (AvgIpc) is 2.80. The van der Waals surface area contributed by atoms with Crippen molar-refractivity contribution in [2.24, 2.45) is 11.8 Å². The molecular weight excluding hydrogens is 409 g/mol. The largest absolute Gasteiger partial charge is 0.450 e. The van der Waals surface area contributed by atoms with Crippen molar-refractivity contribution in [1.82, 2.24) is 0 Å². The number of hydrogen-bond acceptors (Lipinski definition) is 1. The Bertz CT molecular complexity index is 973. The van der Waals surface area contributed by atoms with Gasteiger partial charge < -0.3 is 4.74 Å². The molecule has 0 saturated heterocycles. The fourth-order valence-electron chi connectivity index (χ4n) is 5.37. The van der Waals surface area contributed by atoms with Gasteiger partial charge in [0.2, 0.25) is 5.82 Å². The summed E-state index contributed by atoms with van der Waals surface area (Å²) in [6.45, 7) is 5.88. The number of hydrogen-bond donors (Lipinski definition) is 0. The Labute approximate surface area is 189 Å². The Hall–Kier alpha value is -2.23. The van der Waals surface area contributed by atoms with Gasteiger partial charge in [-0.25, -0.2) is 8.78 Å². The predicted molar refractivity (Wildman–Crippen MR) is 123 cm³/mol. The van der Waals surface area contributed by atoms with Crippen molar-refractivity contribution in [2.45, 2.75) is 77.6 Å². The van der Waals surface area contributed by atoms with E-state index in [1.165, 1.54) is 38.5 Å². The van der Waals surface area contributed by atoms with Crippen molar-refractivity contribution in [3.05, 3.63) is 70.6 Å². The summed E-state index contributed by atoms with van der Waals surface area (Å²) >= 11 is 0. The van der Waals surface area contributed by atoms with Crippen LogP contribution in [0.4, 0.5) is 13.2 Å². The molecule has 1 aliphatic carbocycles. The average molecular weight is 443 g/mol. The molecule has 0 unspecified atom stereocenters. The van der Waals surface area contributed by atoms with Crippen molar-refractivity contribution >= 4 is 0 Å². The van der Waals surface area contributed by atoms with E-state index in [9.17, 15) is 8.78 Å². The predicted octanol–water partition coefficient (Wildman–Crippen LogP) is 8.46. The summed E-state index contributed by atoms with van der Waals surface area (Å²) in [7, 11) is 0. The molecule has 4 heteroatoms. The first kappa shape index (κ1) is 22.9. The maximum Gasteiger partial charge on any atom is 0.201 e. The zero-order valence-corrected chi connectivity index (χ0v) is 19.0. The second-order valence-corrected chi connectivity index (χ2v) is 9.50. The summed E-state index contributed by atoms with van der Waals surface area (Å²) < 4.78 is 50.1. The lowest BCUT2D eigenvalue weighted by molar-refractivity contribution is 0.251. The maximum atomic E-state index is 15.3. The van der Waals surface area contributed by atoms with Gasteiger partial charge >= 0.3 is 0 Å². The van der Waals surface area contributed by atoms with E-state index in [1.807, 2.05) is 12.1 Å². The monoisotopic (exact) mass is 442 g/mol. The van der Waals surface area contributed by atoms with Gasteiger partial charge in [0.15, 0.2) is 23.1 Å². The lowest BCUT2D eigenvalue weighted by Gasteiger charge is -2.28. The molecule has 1 saturated carbocycles. The number of ether oxygens (including phenoxy) is 1. The minimum Gasteiger partial charge on any atom is -0.450 e. The van der Waals surface area contributed by atoms with Crippen molar-refractivity contribution in [1.29, 1.82) is 0 Å². The Morgan fingerprint density at radius 2 is 1.56 bits per heavy atom. The Morgan fingerprint density at radius 3 is 2.25 bits per heavy atom. The highest BCUT2D eigenvalue weighted by molar-refractivity contribution is 5.53. The third-order valence-corrected chi connectivity index (χ3v) is 7.26. The van der Waals surface area contributed by atoms with Crippen LogP contribution in [0.15, 0.2) is 30.9 Å². The van der Waals surface area contributed by atoms with E-state index >= 15 is 4.39 Å². The van der Waals surface area contributed by atoms with E-state index in [4.69, 9.17) is 4.74 Å². The number of benzene rings is 2. The van der Waals surface area contributed by atoms with Crippen molar-refractivity contribution in [3.63, 3.8) is 0 Å². The highest BCUT2D eigenvalue weighted by Gasteiger charge is 2.28.